The Morgan fingerprint density at radius 2 is 2.13 bits per heavy atom. The number of ether oxygens (including phenoxy) is 1. The first-order valence-electron chi connectivity index (χ1n) is 4.21. The summed E-state index contributed by atoms with van der Waals surface area (Å²) in [6, 6.07) is 3.83. The van der Waals surface area contributed by atoms with Crippen molar-refractivity contribution in [1.82, 2.24) is 0 Å². The van der Waals surface area contributed by atoms with Gasteiger partial charge in [-0.05, 0) is 24.6 Å². The van der Waals surface area contributed by atoms with Gasteiger partial charge in [-0.15, -0.1) is 0 Å². The summed E-state index contributed by atoms with van der Waals surface area (Å²) in [4.78, 5) is 11.1. The Kier molecular flexibility index (Phi) is 3.74. The summed E-state index contributed by atoms with van der Waals surface area (Å²) >= 11 is 0. The highest BCUT2D eigenvalue weighted by atomic mass is 19.3. The smallest absolute Gasteiger partial charge is 0.387 e. The number of halogens is 2. The van der Waals surface area contributed by atoms with E-state index in [1.807, 2.05) is 0 Å². The molecule has 0 atom stereocenters. The molecule has 15 heavy (non-hydrogen) atoms. The van der Waals surface area contributed by atoms with Crippen molar-refractivity contribution in [3.05, 3.63) is 29.3 Å². The Morgan fingerprint density at radius 3 is 2.60 bits per heavy atom. The Morgan fingerprint density at radius 1 is 1.47 bits per heavy atom. The van der Waals surface area contributed by atoms with Gasteiger partial charge in [0.2, 0.25) is 0 Å². The van der Waals surface area contributed by atoms with Crippen molar-refractivity contribution < 1.29 is 23.4 Å². The fourth-order valence-electron chi connectivity index (χ4n) is 1.14. The van der Waals surface area contributed by atoms with Crippen LogP contribution in [-0.2, 0) is 11.7 Å². The van der Waals surface area contributed by atoms with Gasteiger partial charge >= 0.3 is 6.61 Å². The number of hydrogen-bond donors (Lipinski definition) is 0. The average molecular weight is 215 g/mol. The highest BCUT2D eigenvalue weighted by Crippen LogP contribution is 2.22. The van der Waals surface area contributed by atoms with Crippen LogP contribution in [0.2, 0.25) is 0 Å². The zero-order chi connectivity index (χ0) is 11.4. The molecule has 0 unspecified atom stereocenters. The lowest BCUT2D eigenvalue weighted by Gasteiger charge is -2.09. The van der Waals surface area contributed by atoms with Gasteiger partial charge in [-0.3, -0.25) is 4.79 Å². The van der Waals surface area contributed by atoms with Crippen molar-refractivity contribution in [2.24, 2.45) is 0 Å². The zero-order valence-electron chi connectivity index (χ0n) is 8.00. The molecule has 0 N–H and O–H groups in total. The third-order valence-electron chi connectivity index (χ3n) is 1.81. The van der Waals surface area contributed by atoms with Crippen molar-refractivity contribution in [3.8, 4) is 5.75 Å². The van der Waals surface area contributed by atoms with Gasteiger partial charge in [-0.2, -0.15) is 8.78 Å². The molecule has 0 aliphatic carbocycles. The SMILES string of the molecule is CC(=O)c1cc(C[O])ccc1OC(F)F. The van der Waals surface area contributed by atoms with E-state index in [0.29, 0.717) is 5.56 Å². The van der Waals surface area contributed by atoms with Gasteiger partial charge in [0.1, 0.15) is 12.4 Å². The number of hydrogen-bond acceptors (Lipinski definition) is 2. The fourth-order valence-corrected chi connectivity index (χ4v) is 1.14. The Bertz CT molecular complexity index is 364. The molecule has 0 aromatic heterocycles. The van der Waals surface area contributed by atoms with Crippen molar-refractivity contribution in [2.75, 3.05) is 0 Å². The summed E-state index contributed by atoms with van der Waals surface area (Å²) < 4.78 is 28.1. The average Bonchev–Trinajstić information content (AvgIpc) is 2.17. The van der Waals surface area contributed by atoms with Gasteiger partial charge in [0.25, 0.3) is 0 Å². The maximum atomic E-state index is 12.0. The van der Waals surface area contributed by atoms with Gasteiger partial charge < -0.3 is 4.74 Å². The van der Waals surface area contributed by atoms with Crippen molar-refractivity contribution in [2.45, 2.75) is 20.1 Å². The van der Waals surface area contributed by atoms with Crippen LogP contribution in [0.3, 0.4) is 0 Å². The van der Waals surface area contributed by atoms with E-state index in [2.05, 4.69) is 4.74 Å². The number of Topliss-reactive ketones (excluding diaryl/α,β-unsaturated/α-hetero) is 1. The lowest BCUT2D eigenvalue weighted by molar-refractivity contribution is -0.0501. The first kappa shape index (κ1) is 11.6. The third-order valence-corrected chi connectivity index (χ3v) is 1.81. The largest absolute Gasteiger partial charge is 0.434 e. The van der Waals surface area contributed by atoms with Crippen LogP contribution < -0.4 is 4.74 Å². The molecular formula is C10H9F2O3. The second kappa shape index (κ2) is 4.84. The van der Waals surface area contributed by atoms with Crippen LogP contribution in [-0.4, -0.2) is 12.4 Å². The Hall–Kier alpha value is -1.49. The number of alkyl halides is 2. The maximum absolute atomic E-state index is 12.0. The highest BCUT2D eigenvalue weighted by molar-refractivity contribution is 5.97. The topological polar surface area (TPSA) is 46.2 Å². The summed E-state index contributed by atoms with van der Waals surface area (Å²) in [5, 5.41) is 10.5. The monoisotopic (exact) mass is 215 g/mol. The van der Waals surface area contributed by atoms with Crippen LogP contribution in [0.25, 0.3) is 0 Å². The molecule has 0 fully saturated rings. The molecular weight excluding hydrogens is 206 g/mol. The third kappa shape index (κ3) is 2.99. The molecule has 3 nitrogen and oxygen atoms in total. The van der Waals surface area contributed by atoms with E-state index in [-0.39, 0.29) is 11.3 Å². The predicted octanol–water partition coefficient (Wildman–Crippen LogP) is 2.42. The van der Waals surface area contributed by atoms with E-state index >= 15 is 0 Å². The summed E-state index contributed by atoms with van der Waals surface area (Å²) in [5.41, 5.74) is 0.366. The quantitative estimate of drug-likeness (QED) is 0.724. The summed E-state index contributed by atoms with van der Waals surface area (Å²) in [5.74, 6) is -0.615. The Balaban J connectivity index is 3.09. The highest BCUT2D eigenvalue weighted by Gasteiger charge is 2.13. The van der Waals surface area contributed by atoms with Crippen LogP contribution in [0.4, 0.5) is 8.78 Å². The summed E-state index contributed by atoms with van der Waals surface area (Å²) in [7, 11) is 0. The van der Waals surface area contributed by atoms with Crippen LogP contribution in [0.1, 0.15) is 22.8 Å². The predicted molar refractivity (Wildman–Crippen MR) is 47.5 cm³/mol. The molecule has 0 saturated carbocycles. The normalized spacial score (nSPS) is 10.5. The number of carbonyl (C=O) groups excluding carboxylic acids is 1. The zero-order valence-corrected chi connectivity index (χ0v) is 8.00. The van der Waals surface area contributed by atoms with Crippen molar-refractivity contribution >= 4 is 5.78 Å². The van der Waals surface area contributed by atoms with Crippen LogP contribution >= 0.6 is 0 Å². The summed E-state index contributed by atoms with van der Waals surface area (Å²) in [6.45, 7) is -2.27. The van der Waals surface area contributed by atoms with E-state index in [9.17, 15) is 18.7 Å². The van der Waals surface area contributed by atoms with Gasteiger partial charge in [-0.1, -0.05) is 6.07 Å². The molecule has 0 aliphatic heterocycles. The number of carbonyl (C=O) groups is 1. The molecule has 1 aromatic rings. The second-order valence-corrected chi connectivity index (χ2v) is 2.91. The molecule has 0 spiro atoms. The van der Waals surface area contributed by atoms with Crippen LogP contribution in [0, 0.1) is 0 Å². The van der Waals surface area contributed by atoms with Crippen molar-refractivity contribution in [1.29, 1.82) is 0 Å². The molecule has 1 radical (unpaired) electrons. The standard InChI is InChI=1S/C10H9F2O3/c1-6(14)8-4-7(5-13)2-3-9(8)15-10(11)12/h2-4,10H,5H2,1H3. The van der Waals surface area contributed by atoms with Gasteiger partial charge in [0.15, 0.2) is 5.78 Å². The van der Waals surface area contributed by atoms with Crippen molar-refractivity contribution in [3.63, 3.8) is 0 Å². The minimum absolute atomic E-state index is 0.00338. The minimum atomic E-state index is -2.98. The lowest BCUT2D eigenvalue weighted by atomic mass is 10.1. The van der Waals surface area contributed by atoms with E-state index in [1.54, 1.807) is 0 Å². The molecule has 0 saturated heterocycles. The molecule has 0 aliphatic rings. The van der Waals surface area contributed by atoms with E-state index in [0.717, 1.165) is 0 Å². The van der Waals surface area contributed by atoms with Crippen LogP contribution in [0.5, 0.6) is 5.75 Å². The molecule has 1 rings (SSSR count). The molecule has 0 bridgehead atoms. The van der Waals surface area contributed by atoms with E-state index in [1.165, 1.54) is 25.1 Å². The second-order valence-electron chi connectivity index (χ2n) is 2.91. The Labute approximate surface area is 85.3 Å². The van der Waals surface area contributed by atoms with Gasteiger partial charge in [0, 0.05) is 0 Å². The van der Waals surface area contributed by atoms with Gasteiger partial charge in [0.05, 0.1) is 5.56 Å². The van der Waals surface area contributed by atoms with E-state index in [4.69, 9.17) is 0 Å². The number of rotatable bonds is 4. The molecule has 81 valence electrons. The summed E-state index contributed by atoms with van der Waals surface area (Å²) in [6.07, 6.45) is 0. The maximum Gasteiger partial charge on any atom is 0.387 e. The van der Waals surface area contributed by atoms with E-state index < -0.39 is 19.0 Å². The fraction of sp³-hybridized carbons (Fsp3) is 0.300. The first-order valence-corrected chi connectivity index (χ1v) is 4.21. The number of benzene rings is 1. The molecule has 0 amide bonds. The van der Waals surface area contributed by atoms with Gasteiger partial charge in [-0.25, -0.2) is 5.11 Å². The van der Waals surface area contributed by atoms with Crippen LogP contribution in [0.15, 0.2) is 18.2 Å². The number of ketones is 1. The molecule has 1 aromatic carbocycles. The minimum Gasteiger partial charge on any atom is -0.434 e. The lowest BCUT2D eigenvalue weighted by Crippen LogP contribution is -2.07. The first-order chi connectivity index (χ1) is 7.04. The molecule has 0 heterocycles. The molecule has 5 heteroatoms.